The molecule has 0 amide bonds. The predicted octanol–water partition coefficient (Wildman–Crippen LogP) is 13.7. The van der Waals surface area contributed by atoms with Gasteiger partial charge in [-0.2, -0.15) is 6.07 Å². The van der Waals surface area contributed by atoms with Crippen molar-refractivity contribution in [1.29, 1.82) is 0 Å². The third-order valence-electron chi connectivity index (χ3n) is 11.4. The summed E-state index contributed by atoms with van der Waals surface area (Å²) in [6.07, 6.45) is 2.01. The molecular weight excluding hydrogens is 904 g/mol. The second kappa shape index (κ2) is 15.5. The van der Waals surface area contributed by atoms with Gasteiger partial charge in [-0.25, -0.2) is 4.98 Å². The summed E-state index contributed by atoms with van der Waals surface area (Å²) in [7, 11) is 0. The van der Waals surface area contributed by atoms with Gasteiger partial charge in [0.25, 0.3) is 0 Å². The van der Waals surface area contributed by atoms with Crippen LogP contribution in [0.2, 0.25) is 0 Å². The summed E-state index contributed by atoms with van der Waals surface area (Å²) in [6, 6.07) is 44.8. The minimum Gasteiger partial charge on any atom is -0.509 e. The van der Waals surface area contributed by atoms with Crippen LogP contribution in [0.15, 0.2) is 128 Å². The monoisotopic (exact) mass is 960 g/mol. The molecule has 8 rings (SSSR count). The first kappa shape index (κ1) is 39.3. The van der Waals surface area contributed by atoms with Gasteiger partial charge in [-0.3, -0.25) is 0 Å². The standard InChI is InChI=1S/C53H55N4O.Pt/c1-50(2,3)37-23-24-54-49(32-37)57-47-20-16-15-19-45(47)46-22-21-43(34-48(46)57)58-44-31-40(53(10,11)36-17-13-12-14-18-36)30-42(33-44)56-26-25-55(35-56)41-28-38(51(4,5)6)27-39(29-41)52(7,8)9;/h12-32,35H,1-11H3;/q-3;/i25D,26D;. The number of anilines is 2. The Hall–Kier alpha value is -5.12. The minimum atomic E-state index is -0.440. The van der Waals surface area contributed by atoms with E-state index < -0.39 is 5.41 Å². The van der Waals surface area contributed by atoms with Gasteiger partial charge in [0.05, 0.1) is 2.74 Å². The normalized spacial score (nSPS) is 14.5. The molecule has 0 saturated heterocycles. The van der Waals surface area contributed by atoms with Crippen molar-refractivity contribution in [1.82, 2.24) is 9.55 Å². The maximum atomic E-state index is 9.32. The van der Waals surface area contributed by atoms with E-state index in [0.717, 1.165) is 44.4 Å². The van der Waals surface area contributed by atoms with Crippen LogP contribution < -0.4 is 14.5 Å². The van der Waals surface area contributed by atoms with Crippen LogP contribution in [0, 0.1) is 18.8 Å². The molecule has 0 atom stereocenters. The molecule has 5 aromatic carbocycles. The van der Waals surface area contributed by atoms with Crippen LogP contribution in [0.25, 0.3) is 27.6 Å². The molecule has 7 aromatic rings. The quantitative estimate of drug-likeness (QED) is 0.149. The van der Waals surface area contributed by atoms with Gasteiger partial charge < -0.3 is 19.1 Å². The summed E-state index contributed by atoms with van der Waals surface area (Å²) in [5.41, 5.74) is 8.31. The minimum absolute atomic E-state index is 0. The molecular formula is C53H55N4OPt-3. The van der Waals surface area contributed by atoms with Gasteiger partial charge in [0, 0.05) is 50.0 Å². The van der Waals surface area contributed by atoms with E-state index in [0.29, 0.717) is 17.2 Å². The summed E-state index contributed by atoms with van der Waals surface area (Å²) in [5.74, 6) is 1.83. The number of aromatic nitrogens is 2. The molecule has 5 nitrogen and oxygen atoms in total. The van der Waals surface area contributed by atoms with Crippen LogP contribution >= 0.6 is 0 Å². The predicted molar refractivity (Wildman–Crippen MR) is 242 cm³/mol. The number of nitrogens with zero attached hydrogens (tertiary/aromatic N) is 4. The van der Waals surface area contributed by atoms with Gasteiger partial charge in [-0.05, 0) is 92.0 Å². The largest absolute Gasteiger partial charge is 0.509 e. The van der Waals surface area contributed by atoms with Crippen molar-refractivity contribution in [3.8, 4) is 17.3 Å². The molecule has 0 bridgehead atoms. The molecule has 0 unspecified atom stereocenters. The zero-order valence-electron chi connectivity index (χ0n) is 38.1. The van der Waals surface area contributed by atoms with Gasteiger partial charge in [0.2, 0.25) is 0 Å². The summed E-state index contributed by atoms with van der Waals surface area (Å²) in [6.45, 7) is 26.1. The first-order valence-electron chi connectivity index (χ1n) is 21.2. The SMILES string of the molecule is [2H]C1=C([2H])N(c2cc(C(C)(C)C)cc(C(C)(C)C)c2)[CH-]N1c1[c-]c(Oc2[c-]c3c(cc2)c2ccccc2n3-c2cc(C(C)(C)C)ccn2)cc(C(C)(C)c2ccccc2)c1.[Pt]. The molecule has 1 aliphatic rings. The molecule has 0 aliphatic carbocycles. The number of pyridine rings is 1. The van der Waals surface area contributed by atoms with E-state index in [9.17, 15) is 2.74 Å². The van der Waals surface area contributed by atoms with Gasteiger partial charge in [-0.1, -0.05) is 136 Å². The smallest absolute Gasteiger partial charge is 0.135 e. The molecule has 1 aliphatic heterocycles. The number of ether oxygens (including phenoxy) is 1. The maximum Gasteiger partial charge on any atom is 0.135 e. The second-order valence-electron chi connectivity index (χ2n) is 19.1. The van der Waals surface area contributed by atoms with Crippen molar-refractivity contribution < 1.29 is 28.5 Å². The number of hydrogen-bond donors (Lipinski definition) is 0. The Morgan fingerprint density at radius 3 is 1.90 bits per heavy atom. The molecule has 0 spiro atoms. The van der Waals surface area contributed by atoms with Crippen molar-refractivity contribution in [3.63, 3.8) is 0 Å². The Labute approximate surface area is 368 Å². The third-order valence-corrected chi connectivity index (χ3v) is 11.4. The summed E-state index contributed by atoms with van der Waals surface area (Å²) in [5, 5.41) is 2.16. The van der Waals surface area contributed by atoms with E-state index in [1.54, 1.807) is 9.80 Å². The fourth-order valence-corrected chi connectivity index (χ4v) is 7.54. The van der Waals surface area contributed by atoms with Gasteiger partial charge in [0.1, 0.15) is 5.82 Å². The van der Waals surface area contributed by atoms with E-state index in [-0.39, 0.29) is 49.7 Å². The van der Waals surface area contributed by atoms with E-state index in [1.165, 1.54) is 16.7 Å². The molecule has 59 heavy (non-hydrogen) atoms. The van der Waals surface area contributed by atoms with Crippen molar-refractivity contribution in [2.45, 2.75) is 97.8 Å². The topological polar surface area (TPSA) is 33.5 Å². The van der Waals surface area contributed by atoms with E-state index in [1.807, 2.05) is 31.1 Å². The van der Waals surface area contributed by atoms with Crippen LogP contribution in [-0.4, -0.2) is 9.55 Å². The van der Waals surface area contributed by atoms with E-state index in [2.05, 4.69) is 184 Å². The van der Waals surface area contributed by atoms with Crippen LogP contribution in [0.3, 0.4) is 0 Å². The summed E-state index contributed by atoms with van der Waals surface area (Å²) < 4.78 is 27.5. The zero-order valence-corrected chi connectivity index (χ0v) is 38.3. The second-order valence-corrected chi connectivity index (χ2v) is 19.1. The molecule has 0 N–H and O–H groups in total. The third kappa shape index (κ3) is 8.37. The maximum absolute atomic E-state index is 9.32. The summed E-state index contributed by atoms with van der Waals surface area (Å²) >= 11 is 0. The van der Waals surface area contributed by atoms with E-state index in [4.69, 9.17) is 9.72 Å². The average molecular weight is 961 g/mol. The first-order valence-corrected chi connectivity index (χ1v) is 20.2. The van der Waals surface area contributed by atoms with Gasteiger partial charge in [0.15, 0.2) is 0 Å². The Bertz CT molecular complexity index is 2750. The van der Waals surface area contributed by atoms with Crippen LogP contribution in [0.4, 0.5) is 11.4 Å². The molecule has 3 heterocycles. The van der Waals surface area contributed by atoms with Crippen molar-refractivity contribution in [2.24, 2.45) is 0 Å². The Morgan fingerprint density at radius 2 is 1.22 bits per heavy atom. The fourth-order valence-electron chi connectivity index (χ4n) is 7.54. The Balaban J connectivity index is 0.00000561. The molecule has 0 radical (unpaired) electrons. The van der Waals surface area contributed by atoms with Crippen molar-refractivity contribution in [2.75, 3.05) is 9.80 Å². The molecule has 0 fully saturated rings. The Morgan fingerprint density at radius 1 is 0.576 bits per heavy atom. The van der Waals surface area contributed by atoms with Gasteiger partial charge >= 0.3 is 0 Å². The number of benzene rings is 5. The fraction of sp³-hybridized carbons (Fsp3) is 0.283. The zero-order chi connectivity index (χ0) is 42.9. The molecule has 0 saturated carbocycles. The Kier molecular flexibility index (Phi) is 10.3. The van der Waals surface area contributed by atoms with Crippen LogP contribution in [0.5, 0.6) is 11.5 Å². The number of para-hydroxylation sites is 1. The van der Waals surface area contributed by atoms with Crippen LogP contribution in [-0.2, 0) is 42.7 Å². The molecule has 306 valence electrons. The number of fused-ring (bicyclic) bond motifs is 3. The number of hydrogen-bond acceptors (Lipinski definition) is 4. The average Bonchev–Trinajstić information content (AvgIpc) is 3.69. The first-order chi connectivity index (χ1) is 28.2. The van der Waals surface area contributed by atoms with Gasteiger partial charge in [-0.15, -0.1) is 53.6 Å². The molecule has 6 heteroatoms. The van der Waals surface area contributed by atoms with Crippen LogP contribution in [0.1, 0.15) is 107 Å². The van der Waals surface area contributed by atoms with Crippen molar-refractivity contribution in [3.05, 3.63) is 174 Å². The summed E-state index contributed by atoms with van der Waals surface area (Å²) in [4.78, 5) is 8.39. The van der Waals surface area contributed by atoms with Crippen molar-refractivity contribution >= 4 is 33.2 Å². The molecule has 2 aromatic heterocycles. The van der Waals surface area contributed by atoms with E-state index >= 15 is 0 Å². The number of rotatable bonds is 7.